The van der Waals surface area contributed by atoms with Gasteiger partial charge < -0.3 is 5.11 Å². The summed E-state index contributed by atoms with van der Waals surface area (Å²) in [5.74, 6) is 1.23. The van der Waals surface area contributed by atoms with E-state index in [4.69, 9.17) is 10.1 Å². The Morgan fingerprint density at radius 2 is 1.93 bits per heavy atom. The summed E-state index contributed by atoms with van der Waals surface area (Å²) in [4.78, 5) is 20.9. The largest absolute Gasteiger partial charge is 0.478 e. The molecule has 0 amide bonds. The Bertz CT molecular complexity index is 979. The van der Waals surface area contributed by atoms with Crippen LogP contribution in [0.15, 0.2) is 42.6 Å². The number of aryl methyl sites for hydroxylation is 1. The number of rotatable bonds is 10. The molecule has 2 heterocycles. The monoisotopic (exact) mass is 406 g/mol. The second-order valence-corrected chi connectivity index (χ2v) is 7.69. The predicted molar refractivity (Wildman–Crippen MR) is 118 cm³/mol. The maximum absolute atomic E-state index is 11.5. The lowest BCUT2D eigenvalue weighted by atomic mass is 10.0. The highest BCUT2D eigenvalue weighted by molar-refractivity contribution is 5.95. The van der Waals surface area contributed by atoms with Gasteiger partial charge in [0.05, 0.1) is 5.56 Å². The molecule has 0 aliphatic carbocycles. The van der Waals surface area contributed by atoms with Gasteiger partial charge in [0.1, 0.15) is 5.82 Å². The molecule has 0 saturated carbocycles. The highest BCUT2D eigenvalue weighted by Crippen LogP contribution is 2.24. The van der Waals surface area contributed by atoms with E-state index in [2.05, 4.69) is 25.8 Å². The fourth-order valence-corrected chi connectivity index (χ4v) is 3.38. The van der Waals surface area contributed by atoms with Crippen LogP contribution in [0.4, 0.5) is 0 Å². The number of benzene rings is 1. The number of hydrogen-bond acceptors (Lipinski definition) is 4. The molecule has 1 aromatic carbocycles. The van der Waals surface area contributed by atoms with Crippen molar-refractivity contribution in [3.63, 3.8) is 0 Å². The van der Waals surface area contributed by atoms with Gasteiger partial charge in [-0.25, -0.2) is 14.5 Å². The summed E-state index contributed by atoms with van der Waals surface area (Å²) in [7, 11) is 0. The molecule has 0 fully saturated rings. The SMILES string of the molecule is CCCCCn1nc(C(C)CC)nc1Cc1ccc(-c2ccccc2C(=O)O)cn1. The van der Waals surface area contributed by atoms with Crippen LogP contribution < -0.4 is 0 Å². The molecule has 3 aromatic rings. The van der Waals surface area contributed by atoms with Crippen molar-refractivity contribution < 1.29 is 9.90 Å². The van der Waals surface area contributed by atoms with Gasteiger partial charge in [0.2, 0.25) is 0 Å². The Balaban J connectivity index is 1.83. The van der Waals surface area contributed by atoms with E-state index in [9.17, 15) is 9.90 Å². The molecule has 0 saturated heterocycles. The number of carboxylic acid groups (broad SMARTS) is 1. The number of carbonyl (C=O) groups is 1. The van der Waals surface area contributed by atoms with Crippen LogP contribution in [0.2, 0.25) is 0 Å². The average molecular weight is 407 g/mol. The first-order valence-electron chi connectivity index (χ1n) is 10.7. The highest BCUT2D eigenvalue weighted by atomic mass is 16.4. The molecule has 6 heteroatoms. The summed E-state index contributed by atoms with van der Waals surface area (Å²) in [6.07, 6.45) is 6.79. The summed E-state index contributed by atoms with van der Waals surface area (Å²) >= 11 is 0. The van der Waals surface area contributed by atoms with E-state index in [1.165, 1.54) is 12.8 Å². The van der Waals surface area contributed by atoms with Gasteiger partial charge in [-0.15, -0.1) is 0 Å². The van der Waals surface area contributed by atoms with Gasteiger partial charge in [0.15, 0.2) is 5.82 Å². The third-order valence-corrected chi connectivity index (χ3v) is 5.42. The molecule has 0 bridgehead atoms. The number of aromatic nitrogens is 4. The molecule has 2 aromatic heterocycles. The molecular formula is C24H30N4O2. The Morgan fingerprint density at radius 3 is 2.60 bits per heavy atom. The van der Waals surface area contributed by atoms with Crippen molar-refractivity contribution >= 4 is 5.97 Å². The molecule has 158 valence electrons. The first-order valence-corrected chi connectivity index (χ1v) is 10.7. The number of pyridine rings is 1. The smallest absolute Gasteiger partial charge is 0.336 e. The van der Waals surface area contributed by atoms with Crippen LogP contribution in [0, 0.1) is 0 Å². The minimum atomic E-state index is -0.938. The summed E-state index contributed by atoms with van der Waals surface area (Å²) < 4.78 is 2.03. The fourth-order valence-electron chi connectivity index (χ4n) is 3.38. The third kappa shape index (κ3) is 5.12. The average Bonchev–Trinajstić information content (AvgIpc) is 3.16. The molecule has 1 N–H and O–H groups in total. The van der Waals surface area contributed by atoms with Crippen molar-refractivity contribution in [2.75, 3.05) is 0 Å². The van der Waals surface area contributed by atoms with Gasteiger partial charge in [-0.05, 0) is 30.5 Å². The normalized spacial score (nSPS) is 12.1. The van der Waals surface area contributed by atoms with Crippen LogP contribution in [0.3, 0.4) is 0 Å². The molecule has 0 aliphatic rings. The van der Waals surface area contributed by atoms with Gasteiger partial charge in [-0.3, -0.25) is 4.98 Å². The summed E-state index contributed by atoms with van der Waals surface area (Å²) in [5.41, 5.74) is 2.64. The maximum atomic E-state index is 11.5. The quantitative estimate of drug-likeness (QED) is 0.460. The molecule has 0 aliphatic heterocycles. The van der Waals surface area contributed by atoms with Crippen LogP contribution in [0.1, 0.15) is 80.1 Å². The first-order chi connectivity index (χ1) is 14.5. The van der Waals surface area contributed by atoms with Crippen molar-refractivity contribution in [3.8, 4) is 11.1 Å². The van der Waals surface area contributed by atoms with Crippen LogP contribution in [-0.2, 0) is 13.0 Å². The van der Waals surface area contributed by atoms with Crippen LogP contribution in [0.25, 0.3) is 11.1 Å². The first kappa shape index (κ1) is 21.7. The van der Waals surface area contributed by atoms with Crippen LogP contribution in [0.5, 0.6) is 0 Å². The summed E-state index contributed by atoms with van der Waals surface area (Å²) in [6, 6.07) is 10.9. The minimum absolute atomic E-state index is 0.279. The maximum Gasteiger partial charge on any atom is 0.336 e. The van der Waals surface area contributed by atoms with Crippen molar-refractivity contribution in [2.45, 2.75) is 65.3 Å². The number of aromatic carboxylic acids is 1. The second-order valence-electron chi connectivity index (χ2n) is 7.69. The van der Waals surface area contributed by atoms with E-state index in [0.29, 0.717) is 17.9 Å². The van der Waals surface area contributed by atoms with Crippen molar-refractivity contribution in [3.05, 3.63) is 65.5 Å². The van der Waals surface area contributed by atoms with E-state index < -0.39 is 5.97 Å². The zero-order chi connectivity index (χ0) is 21.5. The van der Waals surface area contributed by atoms with Crippen LogP contribution >= 0.6 is 0 Å². The molecule has 1 atom stereocenters. The fraction of sp³-hybridized carbons (Fsp3) is 0.417. The topological polar surface area (TPSA) is 80.9 Å². The van der Waals surface area contributed by atoms with Gasteiger partial charge >= 0.3 is 5.97 Å². The Labute approximate surface area is 178 Å². The van der Waals surface area contributed by atoms with Gasteiger partial charge in [-0.2, -0.15) is 5.10 Å². The number of unbranched alkanes of at least 4 members (excludes halogenated alkanes) is 2. The third-order valence-electron chi connectivity index (χ3n) is 5.42. The Morgan fingerprint density at radius 1 is 1.13 bits per heavy atom. The molecule has 0 radical (unpaired) electrons. The molecule has 3 rings (SSSR count). The lowest BCUT2D eigenvalue weighted by Gasteiger charge is -2.08. The zero-order valence-electron chi connectivity index (χ0n) is 18.0. The van der Waals surface area contributed by atoms with E-state index in [0.717, 1.165) is 42.3 Å². The molecular weight excluding hydrogens is 376 g/mol. The lowest BCUT2D eigenvalue weighted by molar-refractivity contribution is 0.0697. The standard InChI is InChI=1S/C24H30N4O2/c1-4-6-9-14-28-22(26-23(27-28)17(3)5-2)15-19-13-12-18(16-25-19)20-10-7-8-11-21(20)24(29)30/h7-8,10-13,16-17H,4-6,9,14-15H2,1-3H3,(H,29,30). The molecule has 0 spiro atoms. The van der Waals surface area contributed by atoms with E-state index >= 15 is 0 Å². The minimum Gasteiger partial charge on any atom is -0.478 e. The number of hydrogen-bond donors (Lipinski definition) is 1. The lowest BCUT2D eigenvalue weighted by Crippen LogP contribution is -2.07. The van der Waals surface area contributed by atoms with E-state index in [1.54, 1.807) is 18.3 Å². The molecule has 6 nitrogen and oxygen atoms in total. The Kier molecular flexibility index (Phi) is 7.33. The molecule has 1 unspecified atom stereocenters. The summed E-state index contributed by atoms with van der Waals surface area (Å²) in [5, 5.41) is 14.2. The van der Waals surface area contributed by atoms with Crippen LogP contribution in [-0.4, -0.2) is 30.8 Å². The molecule has 30 heavy (non-hydrogen) atoms. The van der Waals surface area contributed by atoms with Gasteiger partial charge in [0, 0.05) is 36.3 Å². The number of nitrogens with zero attached hydrogens (tertiary/aromatic N) is 4. The van der Waals surface area contributed by atoms with E-state index in [-0.39, 0.29) is 5.56 Å². The second kappa shape index (κ2) is 10.1. The van der Waals surface area contributed by atoms with E-state index in [1.807, 2.05) is 28.9 Å². The Hall–Kier alpha value is -3.02. The van der Waals surface area contributed by atoms with Crippen molar-refractivity contribution in [1.29, 1.82) is 0 Å². The van der Waals surface area contributed by atoms with Gasteiger partial charge in [0.25, 0.3) is 0 Å². The number of carboxylic acids is 1. The van der Waals surface area contributed by atoms with Crippen molar-refractivity contribution in [1.82, 2.24) is 19.7 Å². The zero-order valence-corrected chi connectivity index (χ0v) is 18.0. The highest BCUT2D eigenvalue weighted by Gasteiger charge is 2.16. The predicted octanol–water partition coefficient (Wildman–Crippen LogP) is 5.33. The van der Waals surface area contributed by atoms with Crippen molar-refractivity contribution in [2.24, 2.45) is 0 Å². The van der Waals surface area contributed by atoms with Gasteiger partial charge in [-0.1, -0.05) is 57.9 Å². The summed E-state index contributed by atoms with van der Waals surface area (Å²) in [6.45, 7) is 7.37.